The third-order valence-corrected chi connectivity index (χ3v) is 3.63. The summed E-state index contributed by atoms with van der Waals surface area (Å²) in [5, 5.41) is 2.37. The van der Waals surface area contributed by atoms with Crippen LogP contribution in [0.2, 0.25) is 0 Å². The monoisotopic (exact) mass is 261 g/mol. The second-order valence-corrected chi connectivity index (χ2v) is 5.27. The van der Waals surface area contributed by atoms with Gasteiger partial charge in [0.1, 0.15) is 0 Å². The van der Waals surface area contributed by atoms with Crippen molar-refractivity contribution in [2.75, 3.05) is 6.54 Å². The lowest BCUT2D eigenvalue weighted by Crippen LogP contribution is -2.63. The fourth-order valence-corrected chi connectivity index (χ4v) is 2.20. The van der Waals surface area contributed by atoms with Gasteiger partial charge in [0.2, 0.25) is 11.8 Å². The van der Waals surface area contributed by atoms with Crippen LogP contribution in [-0.2, 0) is 22.7 Å². The number of hydrogen-bond donors (Lipinski definition) is 2. The number of carbonyl (C=O) groups excluding carboxylic acids is 2. The Hall–Kier alpha value is -1.72. The molecule has 0 atom stereocenters. The number of nitrogens with two attached hydrogens (primary N) is 1. The van der Waals surface area contributed by atoms with Gasteiger partial charge < -0.3 is 5.73 Å². The first-order valence-corrected chi connectivity index (χ1v) is 6.31. The number of benzene rings is 1. The van der Waals surface area contributed by atoms with Gasteiger partial charge in [-0.3, -0.25) is 19.8 Å². The van der Waals surface area contributed by atoms with Gasteiger partial charge in [-0.15, -0.1) is 0 Å². The van der Waals surface area contributed by atoms with Crippen LogP contribution in [-0.4, -0.2) is 28.8 Å². The first-order valence-electron chi connectivity index (χ1n) is 6.31. The van der Waals surface area contributed by atoms with Gasteiger partial charge in [-0.25, -0.2) is 0 Å². The molecule has 0 aromatic heterocycles. The van der Waals surface area contributed by atoms with Crippen LogP contribution in [0.25, 0.3) is 0 Å². The normalized spacial score (nSPS) is 19.3. The van der Waals surface area contributed by atoms with E-state index in [1.807, 2.05) is 43.0 Å². The molecule has 1 fully saturated rings. The molecule has 2 amide bonds. The number of rotatable bonds is 3. The van der Waals surface area contributed by atoms with Crippen molar-refractivity contribution in [3.05, 3.63) is 35.4 Å². The maximum absolute atomic E-state index is 11.9. The lowest BCUT2D eigenvalue weighted by atomic mass is 9.96. The second kappa shape index (κ2) is 5.11. The number of nitrogens with one attached hydrogen (secondary N) is 1. The summed E-state index contributed by atoms with van der Waals surface area (Å²) in [6, 6.07) is 7.82. The summed E-state index contributed by atoms with van der Waals surface area (Å²) in [5.74, 6) is -0.511. The van der Waals surface area contributed by atoms with Crippen molar-refractivity contribution in [2.45, 2.75) is 32.5 Å². The molecule has 0 saturated carbocycles. The third kappa shape index (κ3) is 2.67. The Balaban J connectivity index is 2.25. The molecule has 1 aliphatic rings. The Morgan fingerprint density at radius 1 is 1.26 bits per heavy atom. The highest BCUT2D eigenvalue weighted by atomic mass is 16.2. The predicted octanol–water partition coefficient (Wildman–Crippen LogP) is 0.382. The molecule has 102 valence electrons. The van der Waals surface area contributed by atoms with Gasteiger partial charge in [0.15, 0.2) is 0 Å². The molecule has 1 heterocycles. The minimum absolute atomic E-state index is 0.220. The summed E-state index contributed by atoms with van der Waals surface area (Å²) >= 11 is 0. The van der Waals surface area contributed by atoms with Crippen molar-refractivity contribution in [2.24, 2.45) is 5.73 Å². The molecule has 1 saturated heterocycles. The van der Waals surface area contributed by atoms with Gasteiger partial charge in [0.25, 0.3) is 0 Å². The van der Waals surface area contributed by atoms with Gasteiger partial charge in [0.05, 0.1) is 12.1 Å². The average Bonchev–Trinajstić information content (AvgIpc) is 2.36. The Bertz CT molecular complexity index is 511. The topological polar surface area (TPSA) is 75.4 Å². The van der Waals surface area contributed by atoms with E-state index in [1.54, 1.807) is 0 Å². The fraction of sp³-hybridized carbons (Fsp3) is 0.429. The summed E-state index contributed by atoms with van der Waals surface area (Å²) in [7, 11) is 0. The molecule has 19 heavy (non-hydrogen) atoms. The third-order valence-electron chi connectivity index (χ3n) is 3.63. The van der Waals surface area contributed by atoms with E-state index in [1.165, 1.54) is 0 Å². The molecule has 1 aromatic carbocycles. The Kier molecular flexibility index (Phi) is 3.68. The largest absolute Gasteiger partial charge is 0.326 e. The molecule has 5 nitrogen and oxygen atoms in total. The van der Waals surface area contributed by atoms with Gasteiger partial charge in [-0.1, -0.05) is 24.3 Å². The van der Waals surface area contributed by atoms with Gasteiger partial charge in [-0.2, -0.15) is 0 Å². The molecule has 5 heteroatoms. The van der Waals surface area contributed by atoms with Crippen molar-refractivity contribution in [3.8, 4) is 0 Å². The first-order chi connectivity index (χ1) is 8.95. The van der Waals surface area contributed by atoms with E-state index >= 15 is 0 Å². The lowest BCUT2D eigenvalue weighted by molar-refractivity contribution is -0.145. The number of carbonyl (C=O) groups is 2. The van der Waals surface area contributed by atoms with Gasteiger partial charge >= 0.3 is 0 Å². The van der Waals surface area contributed by atoms with Crippen LogP contribution in [0.15, 0.2) is 24.3 Å². The molecule has 0 unspecified atom stereocenters. The van der Waals surface area contributed by atoms with Crippen LogP contribution in [0.1, 0.15) is 25.0 Å². The van der Waals surface area contributed by atoms with Crippen LogP contribution in [0.3, 0.4) is 0 Å². The molecule has 0 bridgehead atoms. The molecular formula is C14H19N3O2. The smallest absolute Gasteiger partial charge is 0.246 e. The van der Waals surface area contributed by atoms with Crippen LogP contribution < -0.4 is 11.1 Å². The average molecular weight is 261 g/mol. The van der Waals surface area contributed by atoms with Crippen LogP contribution in [0.5, 0.6) is 0 Å². The Morgan fingerprint density at radius 3 is 2.53 bits per heavy atom. The SMILES string of the molecule is CC1(C)C(=O)NC(=O)CN1Cc1ccccc1CN. The minimum atomic E-state index is -0.699. The van der Waals surface area contributed by atoms with Crippen LogP contribution in [0, 0.1) is 0 Å². The summed E-state index contributed by atoms with van der Waals surface area (Å²) in [6.45, 7) is 4.85. The number of amides is 2. The van der Waals surface area contributed by atoms with E-state index in [0.29, 0.717) is 13.1 Å². The maximum atomic E-state index is 11.9. The second-order valence-electron chi connectivity index (χ2n) is 5.27. The van der Waals surface area contributed by atoms with E-state index in [0.717, 1.165) is 11.1 Å². The molecule has 0 radical (unpaired) electrons. The fourth-order valence-electron chi connectivity index (χ4n) is 2.20. The summed E-state index contributed by atoms with van der Waals surface area (Å²) in [4.78, 5) is 25.3. The van der Waals surface area contributed by atoms with Crippen molar-refractivity contribution in [3.63, 3.8) is 0 Å². The van der Waals surface area contributed by atoms with Crippen LogP contribution in [0.4, 0.5) is 0 Å². The van der Waals surface area contributed by atoms with Crippen molar-refractivity contribution < 1.29 is 9.59 Å². The van der Waals surface area contributed by atoms with Crippen molar-refractivity contribution in [1.29, 1.82) is 0 Å². The highest BCUT2D eigenvalue weighted by molar-refractivity contribution is 6.02. The zero-order valence-corrected chi connectivity index (χ0v) is 11.3. The van der Waals surface area contributed by atoms with E-state index in [-0.39, 0.29) is 18.4 Å². The molecule has 1 aliphatic heterocycles. The van der Waals surface area contributed by atoms with Gasteiger partial charge in [-0.05, 0) is 25.0 Å². The first kappa shape index (κ1) is 13.7. The van der Waals surface area contributed by atoms with E-state index in [2.05, 4.69) is 5.32 Å². The quantitative estimate of drug-likeness (QED) is 0.771. The van der Waals surface area contributed by atoms with Crippen molar-refractivity contribution >= 4 is 11.8 Å². The number of piperazine rings is 1. The van der Waals surface area contributed by atoms with Gasteiger partial charge in [0, 0.05) is 13.1 Å². The standard InChI is InChI=1S/C14H19N3O2/c1-14(2)13(19)16-12(18)9-17(14)8-11-6-4-3-5-10(11)7-15/h3-6H,7-9,15H2,1-2H3,(H,16,18,19). The van der Waals surface area contributed by atoms with Crippen LogP contribution >= 0.6 is 0 Å². The summed E-state index contributed by atoms with van der Waals surface area (Å²) in [5.41, 5.74) is 7.11. The molecule has 0 spiro atoms. The zero-order valence-electron chi connectivity index (χ0n) is 11.3. The summed E-state index contributed by atoms with van der Waals surface area (Å²) in [6.07, 6.45) is 0. The Labute approximate surface area is 112 Å². The minimum Gasteiger partial charge on any atom is -0.326 e. The molecule has 0 aliphatic carbocycles. The lowest BCUT2D eigenvalue weighted by Gasteiger charge is -2.40. The number of hydrogen-bond acceptors (Lipinski definition) is 4. The number of imide groups is 1. The van der Waals surface area contributed by atoms with E-state index in [4.69, 9.17) is 5.73 Å². The molecule has 2 rings (SSSR count). The number of nitrogens with zero attached hydrogens (tertiary/aromatic N) is 1. The zero-order chi connectivity index (χ0) is 14.0. The van der Waals surface area contributed by atoms with E-state index < -0.39 is 5.54 Å². The molecule has 1 aromatic rings. The highest BCUT2D eigenvalue weighted by Gasteiger charge is 2.40. The summed E-state index contributed by atoms with van der Waals surface area (Å²) < 4.78 is 0. The van der Waals surface area contributed by atoms with Crippen molar-refractivity contribution in [1.82, 2.24) is 10.2 Å². The Morgan fingerprint density at radius 2 is 1.89 bits per heavy atom. The maximum Gasteiger partial charge on any atom is 0.246 e. The molecular weight excluding hydrogens is 242 g/mol. The predicted molar refractivity (Wildman–Crippen MR) is 72.0 cm³/mol. The molecule has 3 N–H and O–H groups in total. The highest BCUT2D eigenvalue weighted by Crippen LogP contribution is 2.22. The van der Waals surface area contributed by atoms with E-state index in [9.17, 15) is 9.59 Å².